The molecule has 2 atom stereocenters. The quantitative estimate of drug-likeness (QED) is 0.675. The Bertz CT molecular complexity index is 1100. The monoisotopic (exact) mass is 459 g/mol. The number of benzene rings is 1. The molecule has 2 unspecified atom stereocenters. The van der Waals surface area contributed by atoms with E-state index in [0.29, 0.717) is 18.9 Å². The Morgan fingerprint density at radius 2 is 2.06 bits per heavy atom. The average molecular weight is 460 g/mol. The third-order valence-corrected chi connectivity index (χ3v) is 6.91. The number of rotatable bonds is 5. The predicted molar refractivity (Wildman–Crippen MR) is 124 cm³/mol. The number of aromatic nitrogens is 4. The lowest BCUT2D eigenvalue weighted by atomic mass is 9.84. The summed E-state index contributed by atoms with van der Waals surface area (Å²) in [6.45, 7) is 5.01. The molecule has 1 aromatic heterocycles. The Morgan fingerprint density at radius 1 is 1.18 bits per heavy atom. The minimum absolute atomic E-state index is 0.151. The van der Waals surface area contributed by atoms with Gasteiger partial charge in [0.05, 0.1) is 24.8 Å². The van der Waals surface area contributed by atoms with Crippen LogP contribution in [-0.4, -0.2) is 75.2 Å². The molecule has 0 radical (unpaired) electrons. The van der Waals surface area contributed by atoms with E-state index in [9.17, 15) is 10.1 Å². The molecule has 1 aromatic carbocycles. The van der Waals surface area contributed by atoms with Crippen LogP contribution >= 0.6 is 0 Å². The number of nitriles is 1. The fourth-order valence-corrected chi connectivity index (χ4v) is 5.06. The van der Waals surface area contributed by atoms with Crippen molar-refractivity contribution in [3.8, 4) is 11.8 Å². The van der Waals surface area contributed by atoms with E-state index >= 15 is 0 Å². The molecule has 34 heavy (non-hydrogen) atoms. The molecule has 9 nitrogen and oxygen atoms in total. The van der Waals surface area contributed by atoms with Crippen LogP contribution in [0.1, 0.15) is 24.8 Å². The van der Waals surface area contributed by atoms with Gasteiger partial charge in [0.25, 0.3) is 0 Å². The van der Waals surface area contributed by atoms with Gasteiger partial charge in [0, 0.05) is 32.1 Å². The van der Waals surface area contributed by atoms with Crippen molar-refractivity contribution in [2.45, 2.75) is 25.7 Å². The smallest absolute Gasteiger partial charge is 0.227 e. The second kappa shape index (κ2) is 10.2. The highest BCUT2D eigenvalue weighted by Gasteiger charge is 2.31. The maximum absolute atomic E-state index is 13.0. The molecule has 1 fully saturated rings. The van der Waals surface area contributed by atoms with Crippen LogP contribution in [0.5, 0.6) is 0 Å². The number of carbonyl (C=O) groups excluding carboxylic acids is 1. The summed E-state index contributed by atoms with van der Waals surface area (Å²) < 4.78 is 7.48. The van der Waals surface area contributed by atoms with Crippen LogP contribution in [0.15, 0.2) is 54.1 Å². The summed E-state index contributed by atoms with van der Waals surface area (Å²) in [5, 5.41) is 20.7. The van der Waals surface area contributed by atoms with Gasteiger partial charge in [-0.05, 0) is 59.5 Å². The largest absolute Gasteiger partial charge is 0.496 e. The first-order chi connectivity index (χ1) is 16.7. The molecule has 2 aliphatic heterocycles. The average Bonchev–Trinajstić information content (AvgIpc) is 3.31. The van der Waals surface area contributed by atoms with Gasteiger partial charge < -0.3 is 14.5 Å². The van der Waals surface area contributed by atoms with Crippen molar-refractivity contribution in [1.82, 2.24) is 30.0 Å². The summed E-state index contributed by atoms with van der Waals surface area (Å²) in [6.07, 6.45) is 8.89. The van der Waals surface area contributed by atoms with Crippen molar-refractivity contribution >= 4 is 5.91 Å². The molecule has 1 saturated heterocycles. The van der Waals surface area contributed by atoms with E-state index in [1.807, 2.05) is 29.2 Å². The number of ether oxygens (including phenoxy) is 1. The fourth-order valence-electron chi connectivity index (χ4n) is 5.06. The van der Waals surface area contributed by atoms with Crippen LogP contribution in [0, 0.1) is 23.2 Å². The first kappa shape index (κ1) is 22.3. The Labute approximate surface area is 199 Å². The van der Waals surface area contributed by atoms with Crippen LogP contribution in [0.25, 0.3) is 5.69 Å². The zero-order valence-electron chi connectivity index (χ0n) is 19.2. The zero-order valence-corrected chi connectivity index (χ0v) is 19.2. The Hall–Kier alpha value is -3.51. The fraction of sp³-hybridized carbons (Fsp3) is 0.480. The number of hydrogen-bond donors (Lipinski definition) is 0. The number of nitrogens with zero attached hydrogens (tertiary/aromatic N) is 7. The minimum atomic E-state index is -0.151. The van der Waals surface area contributed by atoms with Gasteiger partial charge in [-0.25, -0.2) is 4.68 Å². The lowest BCUT2D eigenvalue weighted by Gasteiger charge is -2.34. The van der Waals surface area contributed by atoms with Crippen molar-refractivity contribution in [2.24, 2.45) is 11.8 Å². The maximum Gasteiger partial charge on any atom is 0.227 e. The normalized spacial score (nSPS) is 23.1. The highest BCUT2D eigenvalue weighted by atomic mass is 16.5. The van der Waals surface area contributed by atoms with Gasteiger partial charge in [0.1, 0.15) is 18.0 Å². The summed E-state index contributed by atoms with van der Waals surface area (Å²) in [5.41, 5.74) is 3.05. The van der Waals surface area contributed by atoms with Crippen LogP contribution < -0.4 is 0 Å². The second-order valence-corrected chi connectivity index (χ2v) is 9.11. The van der Waals surface area contributed by atoms with Crippen molar-refractivity contribution in [3.05, 3.63) is 59.6 Å². The molecule has 3 aliphatic rings. The summed E-state index contributed by atoms with van der Waals surface area (Å²) in [7, 11) is 0. The van der Waals surface area contributed by atoms with Crippen LogP contribution in [0.4, 0.5) is 0 Å². The molecule has 0 spiro atoms. The zero-order chi connectivity index (χ0) is 23.3. The molecule has 5 rings (SSSR count). The standard InChI is InChI=1S/C25H29N7O2/c26-16-20-3-1-4-23-21(9-14-34-25(20)23)17-30-10-2-11-31(13-12-30)24(33)15-19-5-7-22(8-6-19)32-18-27-28-29-32/h1,4-8,18,20-21H,2-3,9-15,17H2. The van der Waals surface area contributed by atoms with Crippen LogP contribution in [-0.2, 0) is 16.0 Å². The van der Waals surface area contributed by atoms with Crippen molar-refractivity contribution < 1.29 is 9.53 Å². The maximum atomic E-state index is 13.0. The molecule has 176 valence electrons. The van der Waals surface area contributed by atoms with E-state index < -0.39 is 0 Å². The van der Waals surface area contributed by atoms with Gasteiger partial charge in [-0.2, -0.15) is 5.26 Å². The van der Waals surface area contributed by atoms with Gasteiger partial charge in [-0.3, -0.25) is 4.79 Å². The summed E-state index contributed by atoms with van der Waals surface area (Å²) in [6, 6.07) is 10.2. The molecule has 3 heterocycles. The highest BCUT2D eigenvalue weighted by molar-refractivity contribution is 5.78. The molecule has 0 N–H and O–H groups in total. The predicted octanol–water partition coefficient (Wildman–Crippen LogP) is 2.13. The second-order valence-electron chi connectivity index (χ2n) is 9.11. The van der Waals surface area contributed by atoms with Crippen molar-refractivity contribution in [2.75, 3.05) is 39.3 Å². The van der Waals surface area contributed by atoms with E-state index in [2.05, 4.69) is 38.6 Å². The number of allylic oxidation sites excluding steroid dienone is 3. The minimum Gasteiger partial charge on any atom is -0.496 e. The molecular weight excluding hydrogens is 430 g/mol. The van der Waals surface area contributed by atoms with E-state index in [4.69, 9.17) is 4.74 Å². The number of carbonyl (C=O) groups is 1. The van der Waals surface area contributed by atoms with Gasteiger partial charge in [0.15, 0.2) is 0 Å². The Morgan fingerprint density at radius 3 is 2.85 bits per heavy atom. The third kappa shape index (κ3) is 4.87. The van der Waals surface area contributed by atoms with E-state index in [-0.39, 0.29) is 11.8 Å². The van der Waals surface area contributed by atoms with Crippen LogP contribution in [0.3, 0.4) is 0 Å². The molecular formula is C25H29N7O2. The lowest BCUT2D eigenvalue weighted by Crippen LogP contribution is -2.38. The first-order valence-corrected chi connectivity index (χ1v) is 12.0. The molecule has 0 bridgehead atoms. The van der Waals surface area contributed by atoms with Gasteiger partial charge in [-0.1, -0.05) is 24.3 Å². The van der Waals surface area contributed by atoms with Gasteiger partial charge in [0.2, 0.25) is 5.91 Å². The molecule has 1 amide bonds. The van der Waals surface area contributed by atoms with Gasteiger partial charge >= 0.3 is 0 Å². The van der Waals surface area contributed by atoms with Crippen molar-refractivity contribution in [1.29, 1.82) is 5.26 Å². The van der Waals surface area contributed by atoms with E-state index in [1.54, 1.807) is 11.0 Å². The van der Waals surface area contributed by atoms with E-state index in [1.165, 1.54) is 5.57 Å². The molecule has 9 heteroatoms. The van der Waals surface area contributed by atoms with Crippen molar-refractivity contribution in [3.63, 3.8) is 0 Å². The number of hydrogen-bond acceptors (Lipinski definition) is 7. The highest BCUT2D eigenvalue weighted by Crippen LogP contribution is 2.36. The Balaban J connectivity index is 1.16. The molecule has 2 aromatic rings. The summed E-state index contributed by atoms with van der Waals surface area (Å²) in [5.74, 6) is 1.29. The number of tetrazole rings is 1. The van der Waals surface area contributed by atoms with E-state index in [0.717, 1.165) is 69.0 Å². The Kier molecular flexibility index (Phi) is 6.67. The summed E-state index contributed by atoms with van der Waals surface area (Å²) >= 11 is 0. The third-order valence-electron chi connectivity index (χ3n) is 6.91. The number of amides is 1. The first-order valence-electron chi connectivity index (χ1n) is 12.0. The molecule has 0 saturated carbocycles. The molecule has 1 aliphatic carbocycles. The van der Waals surface area contributed by atoms with Gasteiger partial charge in [-0.15, -0.1) is 5.10 Å². The lowest BCUT2D eigenvalue weighted by molar-refractivity contribution is -0.130. The topological polar surface area (TPSA) is 100 Å². The summed E-state index contributed by atoms with van der Waals surface area (Å²) in [4.78, 5) is 17.5. The SMILES string of the molecule is N#CC1CC=CC2=C1OCCC2CN1CCCN(C(=O)Cc2ccc(-n3cnnn3)cc2)CC1. The van der Waals surface area contributed by atoms with Crippen LogP contribution in [0.2, 0.25) is 0 Å².